The summed E-state index contributed by atoms with van der Waals surface area (Å²) < 4.78 is 23.7. The van der Waals surface area contributed by atoms with Crippen LogP contribution in [0.1, 0.15) is 30.9 Å². The third kappa shape index (κ3) is 1.99. The van der Waals surface area contributed by atoms with Crippen molar-refractivity contribution < 1.29 is 13.5 Å². The molecule has 1 heterocycles. The summed E-state index contributed by atoms with van der Waals surface area (Å²) in [5.41, 5.74) is 1.79. The molecule has 88 valence electrons. The maximum Gasteiger partial charge on any atom is 0.179 e. The predicted octanol–water partition coefficient (Wildman–Crippen LogP) is 1.50. The minimum absolute atomic E-state index is 0.0839. The van der Waals surface area contributed by atoms with E-state index >= 15 is 0 Å². The third-order valence-electron chi connectivity index (χ3n) is 2.94. The summed E-state index contributed by atoms with van der Waals surface area (Å²) in [6, 6.07) is 5.49. The summed E-state index contributed by atoms with van der Waals surface area (Å²) in [4.78, 5) is 0.457. The average molecular weight is 240 g/mol. The van der Waals surface area contributed by atoms with Gasteiger partial charge in [0.15, 0.2) is 9.84 Å². The van der Waals surface area contributed by atoms with Crippen LogP contribution in [0.5, 0.6) is 0 Å². The molecule has 0 aliphatic carbocycles. The van der Waals surface area contributed by atoms with E-state index in [9.17, 15) is 13.5 Å². The van der Waals surface area contributed by atoms with Crippen LogP contribution in [0.15, 0.2) is 23.1 Å². The molecule has 2 unspecified atom stereocenters. The molecular formula is C12H16O3S. The normalized spacial score (nSPS) is 24.1. The molecule has 0 aromatic heterocycles. The van der Waals surface area contributed by atoms with E-state index in [0.29, 0.717) is 11.3 Å². The molecule has 3 nitrogen and oxygen atoms in total. The van der Waals surface area contributed by atoms with E-state index in [1.807, 2.05) is 19.1 Å². The lowest BCUT2D eigenvalue weighted by atomic mass is 10.00. The van der Waals surface area contributed by atoms with Crippen LogP contribution in [-0.4, -0.2) is 25.4 Å². The number of fused-ring (bicyclic) bond motifs is 1. The summed E-state index contributed by atoms with van der Waals surface area (Å²) in [5, 5.41) is 9.29. The molecule has 4 heteroatoms. The molecule has 1 aliphatic rings. The molecule has 0 fully saturated rings. The van der Waals surface area contributed by atoms with Gasteiger partial charge < -0.3 is 5.11 Å². The van der Waals surface area contributed by atoms with E-state index in [0.717, 1.165) is 11.1 Å². The fourth-order valence-electron chi connectivity index (χ4n) is 2.23. The molecule has 1 aromatic rings. The van der Waals surface area contributed by atoms with Gasteiger partial charge in [-0.2, -0.15) is 0 Å². The van der Waals surface area contributed by atoms with E-state index in [1.165, 1.54) is 0 Å². The molecule has 2 atom stereocenters. The number of benzene rings is 1. The number of sulfone groups is 1. The zero-order chi connectivity index (χ0) is 11.9. The van der Waals surface area contributed by atoms with Crippen LogP contribution in [0.25, 0.3) is 0 Å². The zero-order valence-electron chi connectivity index (χ0n) is 9.47. The van der Waals surface area contributed by atoms with Gasteiger partial charge >= 0.3 is 0 Å². The van der Waals surface area contributed by atoms with Crippen LogP contribution in [-0.2, 0) is 16.3 Å². The lowest BCUT2D eigenvalue weighted by molar-refractivity contribution is 0.195. The Kier molecular flexibility index (Phi) is 2.80. The topological polar surface area (TPSA) is 54.4 Å². The van der Waals surface area contributed by atoms with Gasteiger partial charge in [-0.1, -0.05) is 19.1 Å². The largest absolute Gasteiger partial charge is 0.393 e. The highest BCUT2D eigenvalue weighted by Gasteiger charge is 2.31. The van der Waals surface area contributed by atoms with Crippen LogP contribution < -0.4 is 0 Å². The van der Waals surface area contributed by atoms with Crippen molar-refractivity contribution in [1.82, 2.24) is 0 Å². The molecule has 1 N–H and O–H groups in total. The lowest BCUT2D eigenvalue weighted by Crippen LogP contribution is -2.05. The highest BCUT2D eigenvalue weighted by Crippen LogP contribution is 2.35. The van der Waals surface area contributed by atoms with Gasteiger partial charge in [-0.25, -0.2) is 8.42 Å². The van der Waals surface area contributed by atoms with Crippen molar-refractivity contribution in [2.24, 2.45) is 0 Å². The molecule has 0 saturated carbocycles. The first-order chi connectivity index (χ1) is 7.40. The Morgan fingerprint density at radius 3 is 2.81 bits per heavy atom. The molecule has 0 radical (unpaired) electrons. The Hall–Kier alpha value is -0.870. The number of aliphatic hydroxyl groups excluding tert-OH is 1. The van der Waals surface area contributed by atoms with Crippen molar-refractivity contribution in [2.45, 2.75) is 37.2 Å². The van der Waals surface area contributed by atoms with Gasteiger partial charge in [-0.3, -0.25) is 0 Å². The summed E-state index contributed by atoms with van der Waals surface area (Å²) in [6.45, 7) is 3.63. The lowest BCUT2D eigenvalue weighted by Gasteiger charge is -2.07. The van der Waals surface area contributed by atoms with E-state index < -0.39 is 15.9 Å². The van der Waals surface area contributed by atoms with Crippen molar-refractivity contribution in [3.05, 3.63) is 29.3 Å². The zero-order valence-corrected chi connectivity index (χ0v) is 10.3. The Bertz CT molecular complexity index is 503. The second kappa shape index (κ2) is 3.86. The average Bonchev–Trinajstić information content (AvgIpc) is 2.36. The summed E-state index contributed by atoms with van der Waals surface area (Å²) in [5.74, 6) is 0.293. The maximum absolute atomic E-state index is 11.8. The molecular weight excluding hydrogens is 224 g/mol. The molecule has 0 saturated heterocycles. The van der Waals surface area contributed by atoms with Crippen LogP contribution in [0.4, 0.5) is 0 Å². The number of hydrogen-bond donors (Lipinski definition) is 1. The van der Waals surface area contributed by atoms with Gasteiger partial charge in [0.05, 0.1) is 16.8 Å². The van der Waals surface area contributed by atoms with Crippen molar-refractivity contribution in [3.63, 3.8) is 0 Å². The van der Waals surface area contributed by atoms with Gasteiger partial charge in [-0.15, -0.1) is 0 Å². The van der Waals surface area contributed by atoms with E-state index in [2.05, 4.69) is 0 Å². The number of hydrogen-bond acceptors (Lipinski definition) is 3. The van der Waals surface area contributed by atoms with Gasteiger partial charge in [0.2, 0.25) is 0 Å². The molecule has 2 rings (SSSR count). The summed E-state index contributed by atoms with van der Waals surface area (Å²) in [7, 11) is -3.09. The smallest absolute Gasteiger partial charge is 0.179 e. The highest BCUT2D eigenvalue weighted by atomic mass is 32.2. The third-order valence-corrected chi connectivity index (χ3v) is 4.91. The second-order valence-electron chi connectivity index (χ2n) is 4.61. The van der Waals surface area contributed by atoms with E-state index in [-0.39, 0.29) is 11.7 Å². The van der Waals surface area contributed by atoms with Crippen molar-refractivity contribution in [3.8, 4) is 0 Å². The van der Waals surface area contributed by atoms with Gasteiger partial charge in [-0.05, 0) is 36.5 Å². The first kappa shape index (κ1) is 11.6. The standard InChI is InChI=1S/C12H16O3S/c1-8-7-16(14,15)12-6-10(5-9(2)13)3-4-11(8)12/h3-4,6,8-9,13H,5,7H2,1-2H3. The predicted molar refractivity (Wildman–Crippen MR) is 62.3 cm³/mol. The van der Waals surface area contributed by atoms with Crippen molar-refractivity contribution in [1.29, 1.82) is 0 Å². The maximum atomic E-state index is 11.8. The summed E-state index contributed by atoms with van der Waals surface area (Å²) in [6.07, 6.45) is 0.0524. The Labute approximate surface area is 96.0 Å². The van der Waals surface area contributed by atoms with Gasteiger partial charge in [0.1, 0.15) is 0 Å². The van der Waals surface area contributed by atoms with Crippen LogP contribution in [0.2, 0.25) is 0 Å². The number of aliphatic hydroxyl groups is 1. The van der Waals surface area contributed by atoms with E-state index in [4.69, 9.17) is 0 Å². The number of rotatable bonds is 2. The minimum Gasteiger partial charge on any atom is -0.393 e. The van der Waals surface area contributed by atoms with E-state index in [1.54, 1.807) is 13.0 Å². The molecule has 16 heavy (non-hydrogen) atoms. The molecule has 0 spiro atoms. The monoisotopic (exact) mass is 240 g/mol. The van der Waals surface area contributed by atoms with Gasteiger partial charge in [0, 0.05) is 0 Å². The fraction of sp³-hybridized carbons (Fsp3) is 0.500. The highest BCUT2D eigenvalue weighted by molar-refractivity contribution is 7.91. The quantitative estimate of drug-likeness (QED) is 0.852. The molecule has 1 aliphatic heterocycles. The molecule has 1 aromatic carbocycles. The SMILES string of the molecule is CC(O)Cc1ccc2c(c1)S(=O)(=O)CC2C. The van der Waals surface area contributed by atoms with Crippen molar-refractivity contribution in [2.75, 3.05) is 5.75 Å². The van der Waals surface area contributed by atoms with Crippen LogP contribution in [0, 0.1) is 0 Å². The van der Waals surface area contributed by atoms with Crippen LogP contribution >= 0.6 is 0 Å². The molecule has 0 bridgehead atoms. The van der Waals surface area contributed by atoms with Crippen molar-refractivity contribution >= 4 is 9.84 Å². The Morgan fingerprint density at radius 2 is 2.19 bits per heavy atom. The minimum atomic E-state index is -3.09. The Balaban J connectivity index is 2.46. The summed E-state index contributed by atoms with van der Waals surface area (Å²) >= 11 is 0. The van der Waals surface area contributed by atoms with Gasteiger partial charge in [0.25, 0.3) is 0 Å². The Morgan fingerprint density at radius 1 is 1.50 bits per heavy atom. The molecule has 0 amide bonds. The van der Waals surface area contributed by atoms with Crippen LogP contribution in [0.3, 0.4) is 0 Å². The fourth-order valence-corrected chi connectivity index (χ4v) is 4.21. The second-order valence-corrected chi connectivity index (χ2v) is 6.61. The first-order valence-corrected chi connectivity index (χ1v) is 7.09. The first-order valence-electron chi connectivity index (χ1n) is 5.44.